The summed E-state index contributed by atoms with van der Waals surface area (Å²) in [5.41, 5.74) is 10.0. The van der Waals surface area contributed by atoms with Gasteiger partial charge < -0.3 is 16.4 Å². The maximum atomic E-state index is 6.16. The molecule has 0 fully saturated rings. The first-order valence-electron chi connectivity index (χ1n) is 8.44. The lowest BCUT2D eigenvalue weighted by atomic mass is 10.1. The van der Waals surface area contributed by atoms with Crippen LogP contribution in [0.2, 0.25) is 10.0 Å². The molecule has 140 valence electrons. The van der Waals surface area contributed by atoms with Gasteiger partial charge in [0.2, 0.25) is 0 Å². The van der Waals surface area contributed by atoms with Gasteiger partial charge in [0.15, 0.2) is 0 Å². The number of aromatic nitrogens is 1. The normalized spacial score (nSPS) is 10.8. The van der Waals surface area contributed by atoms with E-state index in [2.05, 4.69) is 26.6 Å². The number of para-hydroxylation sites is 3. The summed E-state index contributed by atoms with van der Waals surface area (Å²) in [6.45, 7) is 0. The Kier molecular flexibility index (Phi) is 5.31. The zero-order chi connectivity index (χ0) is 19.7. The zero-order valence-electron chi connectivity index (χ0n) is 14.5. The van der Waals surface area contributed by atoms with E-state index in [4.69, 9.17) is 33.9 Å². The highest BCUT2D eigenvalue weighted by Crippen LogP contribution is 2.35. The molecule has 0 bridgehead atoms. The molecular formula is C21H15BrCl2N4. The highest BCUT2D eigenvalue weighted by atomic mass is 79.9. The number of rotatable bonds is 4. The van der Waals surface area contributed by atoms with Gasteiger partial charge in [0.25, 0.3) is 0 Å². The monoisotopic (exact) mass is 472 g/mol. The molecule has 0 saturated heterocycles. The van der Waals surface area contributed by atoms with Crippen molar-refractivity contribution < 1.29 is 0 Å². The summed E-state index contributed by atoms with van der Waals surface area (Å²) < 4.78 is 0.895. The van der Waals surface area contributed by atoms with E-state index < -0.39 is 0 Å². The molecule has 28 heavy (non-hydrogen) atoms. The molecule has 0 aliphatic heterocycles. The lowest BCUT2D eigenvalue weighted by Crippen LogP contribution is -2.00. The topological polar surface area (TPSA) is 63.0 Å². The van der Waals surface area contributed by atoms with E-state index in [1.54, 1.807) is 12.1 Å². The van der Waals surface area contributed by atoms with Gasteiger partial charge in [-0.05, 0) is 52.3 Å². The molecule has 4 N–H and O–H groups in total. The Labute approximate surface area is 180 Å². The summed E-state index contributed by atoms with van der Waals surface area (Å²) >= 11 is 15.8. The third-order valence-corrected chi connectivity index (χ3v) is 5.59. The lowest BCUT2D eigenvalue weighted by molar-refractivity contribution is 1.36. The molecule has 0 saturated carbocycles. The van der Waals surface area contributed by atoms with Crippen LogP contribution in [-0.4, -0.2) is 4.98 Å². The second-order valence-electron chi connectivity index (χ2n) is 6.16. The first kappa shape index (κ1) is 18.9. The van der Waals surface area contributed by atoms with Gasteiger partial charge in [0.1, 0.15) is 5.82 Å². The predicted octanol–water partition coefficient (Wildman–Crippen LogP) is 7.37. The maximum Gasteiger partial charge on any atom is 0.133 e. The summed E-state index contributed by atoms with van der Waals surface area (Å²) in [4.78, 5) is 4.74. The fourth-order valence-corrected chi connectivity index (χ4v) is 3.61. The largest absolute Gasteiger partial charge is 0.397 e. The van der Waals surface area contributed by atoms with E-state index in [-0.39, 0.29) is 0 Å². The van der Waals surface area contributed by atoms with Crippen LogP contribution in [0.15, 0.2) is 71.2 Å². The Morgan fingerprint density at radius 1 is 0.821 bits per heavy atom. The number of benzene rings is 3. The fraction of sp³-hybridized carbons (Fsp3) is 0. The average molecular weight is 474 g/mol. The molecule has 1 aromatic heterocycles. The standard InChI is InChI=1S/C21H15BrCl2N4/c22-14-5-3-4-13-19(26-12-8-9-15(23)16(24)10-12)11-20(28-21(13)14)27-18-7-2-1-6-17(18)25/h1-11H,25H2,(H2,26,27,28). The van der Waals surface area contributed by atoms with Crippen molar-refractivity contribution in [3.63, 3.8) is 0 Å². The van der Waals surface area contributed by atoms with Gasteiger partial charge in [-0.15, -0.1) is 0 Å². The molecule has 0 amide bonds. The Hall–Kier alpha value is -2.47. The maximum absolute atomic E-state index is 6.16. The Morgan fingerprint density at radius 3 is 2.43 bits per heavy atom. The van der Waals surface area contributed by atoms with Crippen LogP contribution in [0.5, 0.6) is 0 Å². The zero-order valence-corrected chi connectivity index (χ0v) is 17.6. The van der Waals surface area contributed by atoms with Gasteiger partial charge in [0, 0.05) is 21.6 Å². The summed E-state index contributed by atoms with van der Waals surface area (Å²) in [5, 5.41) is 8.66. The van der Waals surface area contributed by atoms with Crippen molar-refractivity contribution in [3.05, 3.63) is 81.2 Å². The van der Waals surface area contributed by atoms with Gasteiger partial charge >= 0.3 is 0 Å². The van der Waals surface area contributed by atoms with Gasteiger partial charge in [-0.25, -0.2) is 4.98 Å². The first-order chi connectivity index (χ1) is 13.5. The fourth-order valence-electron chi connectivity index (χ4n) is 2.86. The molecule has 0 aliphatic rings. The van der Waals surface area contributed by atoms with Crippen molar-refractivity contribution >= 4 is 78.6 Å². The number of fused-ring (bicyclic) bond motifs is 1. The van der Waals surface area contributed by atoms with Crippen LogP contribution in [0.25, 0.3) is 10.9 Å². The number of anilines is 5. The van der Waals surface area contributed by atoms with Crippen LogP contribution in [-0.2, 0) is 0 Å². The van der Waals surface area contributed by atoms with Gasteiger partial charge in [-0.1, -0.05) is 47.5 Å². The Balaban J connectivity index is 1.80. The molecule has 4 aromatic rings. The minimum Gasteiger partial charge on any atom is -0.397 e. The number of nitrogens with zero attached hydrogens (tertiary/aromatic N) is 1. The molecule has 3 aromatic carbocycles. The molecule has 0 atom stereocenters. The first-order valence-corrected chi connectivity index (χ1v) is 9.99. The van der Waals surface area contributed by atoms with E-state index in [0.717, 1.165) is 32.4 Å². The van der Waals surface area contributed by atoms with Crippen LogP contribution in [0.4, 0.5) is 28.6 Å². The quantitative estimate of drug-likeness (QED) is 0.270. The number of pyridine rings is 1. The van der Waals surface area contributed by atoms with Crippen molar-refractivity contribution in [1.29, 1.82) is 0 Å². The summed E-state index contributed by atoms with van der Waals surface area (Å²) in [6.07, 6.45) is 0. The molecule has 0 aliphatic carbocycles. The van der Waals surface area contributed by atoms with Crippen molar-refractivity contribution in [3.8, 4) is 0 Å². The van der Waals surface area contributed by atoms with Crippen LogP contribution in [0.3, 0.4) is 0 Å². The Morgan fingerprint density at radius 2 is 1.64 bits per heavy atom. The van der Waals surface area contributed by atoms with Crippen LogP contribution in [0, 0.1) is 0 Å². The second kappa shape index (κ2) is 7.87. The van der Waals surface area contributed by atoms with Crippen LogP contribution >= 0.6 is 39.1 Å². The molecule has 4 rings (SSSR count). The Bertz CT molecular complexity index is 1180. The van der Waals surface area contributed by atoms with Crippen LogP contribution in [0.1, 0.15) is 0 Å². The summed E-state index contributed by atoms with van der Waals surface area (Å²) in [6, 6.07) is 20.9. The number of nitrogens with two attached hydrogens (primary N) is 1. The minimum atomic E-state index is 0.488. The van der Waals surface area contributed by atoms with Crippen molar-refractivity contribution in [2.75, 3.05) is 16.4 Å². The van der Waals surface area contributed by atoms with E-state index >= 15 is 0 Å². The predicted molar refractivity (Wildman–Crippen MR) is 123 cm³/mol. The molecule has 0 radical (unpaired) electrons. The number of hydrogen-bond donors (Lipinski definition) is 3. The summed E-state index contributed by atoms with van der Waals surface area (Å²) in [7, 11) is 0. The van der Waals surface area contributed by atoms with E-state index in [0.29, 0.717) is 21.6 Å². The lowest BCUT2D eigenvalue weighted by Gasteiger charge is -2.15. The molecular weight excluding hydrogens is 459 g/mol. The molecule has 1 heterocycles. The molecule has 4 nitrogen and oxygen atoms in total. The minimum absolute atomic E-state index is 0.488. The number of hydrogen-bond acceptors (Lipinski definition) is 4. The van der Waals surface area contributed by atoms with Crippen molar-refractivity contribution in [2.24, 2.45) is 0 Å². The van der Waals surface area contributed by atoms with Gasteiger partial charge in [-0.2, -0.15) is 0 Å². The summed E-state index contributed by atoms with van der Waals surface area (Å²) in [5.74, 6) is 0.667. The molecule has 7 heteroatoms. The van der Waals surface area contributed by atoms with E-state index in [1.165, 1.54) is 0 Å². The van der Waals surface area contributed by atoms with Crippen molar-refractivity contribution in [2.45, 2.75) is 0 Å². The third kappa shape index (κ3) is 3.87. The van der Waals surface area contributed by atoms with E-state index in [9.17, 15) is 0 Å². The second-order valence-corrected chi connectivity index (χ2v) is 7.83. The van der Waals surface area contributed by atoms with Gasteiger partial charge in [0.05, 0.1) is 32.6 Å². The molecule has 0 unspecified atom stereocenters. The molecule has 0 spiro atoms. The number of halogens is 3. The van der Waals surface area contributed by atoms with E-state index in [1.807, 2.05) is 54.6 Å². The smallest absolute Gasteiger partial charge is 0.133 e. The van der Waals surface area contributed by atoms with Crippen molar-refractivity contribution in [1.82, 2.24) is 4.98 Å². The number of nitrogens with one attached hydrogen (secondary N) is 2. The highest BCUT2D eigenvalue weighted by molar-refractivity contribution is 9.10. The average Bonchev–Trinajstić information content (AvgIpc) is 2.67. The van der Waals surface area contributed by atoms with Gasteiger partial charge in [-0.3, -0.25) is 0 Å². The highest BCUT2D eigenvalue weighted by Gasteiger charge is 2.11. The SMILES string of the molecule is Nc1ccccc1Nc1cc(Nc2ccc(Cl)c(Cl)c2)c2cccc(Br)c2n1. The van der Waals surface area contributed by atoms with Crippen LogP contribution < -0.4 is 16.4 Å². The third-order valence-electron chi connectivity index (χ3n) is 4.21. The number of nitrogen functional groups attached to an aromatic ring is 1.